The monoisotopic (exact) mass is 318 g/mol. The van der Waals surface area contributed by atoms with E-state index >= 15 is 0 Å². The molecule has 5 nitrogen and oxygen atoms in total. The van der Waals surface area contributed by atoms with Gasteiger partial charge in [0.15, 0.2) is 0 Å². The Bertz CT molecular complexity index is 648. The standard InChI is InChI=1S/C17H19FN2O3/c18-14-2-1-13(20(22)23)8-15(14)19-17(21)16-11-4-9-3-10(6-11)7-12(16)5-9/h1-2,8-12,16H,3-7H2,(H,19,21). The second-order valence-electron chi connectivity index (χ2n) is 7.37. The molecule has 0 saturated heterocycles. The number of nitro groups is 1. The van der Waals surface area contributed by atoms with Gasteiger partial charge in [0.1, 0.15) is 5.82 Å². The average molecular weight is 318 g/mol. The van der Waals surface area contributed by atoms with Crippen molar-refractivity contribution in [1.29, 1.82) is 0 Å². The van der Waals surface area contributed by atoms with Gasteiger partial charge in [-0.15, -0.1) is 0 Å². The highest BCUT2D eigenvalue weighted by Crippen LogP contribution is 2.56. The van der Waals surface area contributed by atoms with Crippen LogP contribution in [-0.4, -0.2) is 10.8 Å². The molecule has 0 spiro atoms. The number of hydrogen-bond acceptors (Lipinski definition) is 3. The highest BCUT2D eigenvalue weighted by Gasteiger charge is 2.50. The summed E-state index contributed by atoms with van der Waals surface area (Å²) in [6, 6.07) is 3.24. The number of amides is 1. The number of carbonyl (C=O) groups excluding carboxylic acids is 1. The van der Waals surface area contributed by atoms with Crippen molar-refractivity contribution >= 4 is 17.3 Å². The van der Waals surface area contributed by atoms with Crippen LogP contribution in [0.1, 0.15) is 32.1 Å². The lowest BCUT2D eigenvalue weighted by Crippen LogP contribution is -2.49. The van der Waals surface area contributed by atoms with Gasteiger partial charge in [-0.05, 0) is 61.8 Å². The third-order valence-electron chi connectivity index (χ3n) is 5.95. The maximum Gasteiger partial charge on any atom is 0.271 e. The minimum Gasteiger partial charge on any atom is -0.323 e. The molecule has 23 heavy (non-hydrogen) atoms. The molecule has 1 amide bonds. The van der Waals surface area contributed by atoms with E-state index in [1.165, 1.54) is 6.42 Å². The van der Waals surface area contributed by atoms with Crippen LogP contribution < -0.4 is 5.32 Å². The molecule has 0 aliphatic heterocycles. The molecule has 4 fully saturated rings. The molecule has 4 aliphatic rings. The zero-order valence-electron chi connectivity index (χ0n) is 12.7. The first-order valence-corrected chi connectivity index (χ1v) is 8.26. The lowest BCUT2D eigenvalue weighted by Gasteiger charge is -2.53. The number of nitrogens with zero attached hydrogens (tertiary/aromatic N) is 1. The summed E-state index contributed by atoms with van der Waals surface area (Å²) in [4.78, 5) is 22.9. The van der Waals surface area contributed by atoms with Crippen molar-refractivity contribution in [1.82, 2.24) is 0 Å². The van der Waals surface area contributed by atoms with Gasteiger partial charge in [0.2, 0.25) is 5.91 Å². The molecule has 1 N–H and O–H groups in total. The van der Waals surface area contributed by atoms with Crippen molar-refractivity contribution < 1.29 is 14.1 Å². The highest BCUT2D eigenvalue weighted by atomic mass is 19.1. The van der Waals surface area contributed by atoms with E-state index in [4.69, 9.17) is 0 Å². The van der Waals surface area contributed by atoms with Gasteiger partial charge in [-0.1, -0.05) is 0 Å². The molecule has 4 saturated carbocycles. The molecule has 4 bridgehead atoms. The summed E-state index contributed by atoms with van der Waals surface area (Å²) in [6.07, 6.45) is 5.71. The molecular weight excluding hydrogens is 299 g/mol. The summed E-state index contributed by atoms with van der Waals surface area (Å²) >= 11 is 0. The van der Waals surface area contributed by atoms with Gasteiger partial charge < -0.3 is 5.32 Å². The molecule has 0 atom stereocenters. The average Bonchev–Trinajstić information content (AvgIpc) is 2.48. The van der Waals surface area contributed by atoms with E-state index in [2.05, 4.69) is 5.32 Å². The van der Waals surface area contributed by atoms with Crippen molar-refractivity contribution in [2.75, 3.05) is 5.32 Å². The first kappa shape index (κ1) is 14.6. The predicted octanol–water partition coefficient (Wildman–Crippen LogP) is 3.74. The maximum absolute atomic E-state index is 13.9. The molecular formula is C17H19FN2O3. The number of halogens is 1. The molecule has 1 aromatic carbocycles. The second kappa shape index (κ2) is 5.28. The molecule has 0 radical (unpaired) electrons. The van der Waals surface area contributed by atoms with Crippen molar-refractivity contribution in [2.24, 2.45) is 29.6 Å². The number of non-ortho nitro benzene ring substituents is 1. The van der Waals surface area contributed by atoms with Crippen molar-refractivity contribution in [3.8, 4) is 0 Å². The fraction of sp³-hybridized carbons (Fsp3) is 0.588. The van der Waals surface area contributed by atoms with Crippen LogP contribution >= 0.6 is 0 Å². The van der Waals surface area contributed by atoms with E-state index in [1.54, 1.807) is 0 Å². The molecule has 5 rings (SSSR count). The normalized spacial score (nSPS) is 34.4. The summed E-state index contributed by atoms with van der Waals surface area (Å²) in [5.74, 6) is 1.45. The molecule has 122 valence electrons. The van der Waals surface area contributed by atoms with E-state index in [0.717, 1.165) is 55.7 Å². The third-order valence-corrected chi connectivity index (χ3v) is 5.95. The minimum absolute atomic E-state index is 0.0681. The molecule has 1 aromatic rings. The first-order chi connectivity index (χ1) is 11.0. The first-order valence-electron chi connectivity index (χ1n) is 8.26. The second-order valence-corrected chi connectivity index (χ2v) is 7.37. The van der Waals surface area contributed by atoms with Crippen LogP contribution in [0.3, 0.4) is 0 Å². The Morgan fingerprint density at radius 1 is 1.13 bits per heavy atom. The van der Waals surface area contributed by atoms with Gasteiger partial charge in [-0.2, -0.15) is 0 Å². The zero-order valence-corrected chi connectivity index (χ0v) is 12.7. The van der Waals surface area contributed by atoms with E-state index in [9.17, 15) is 19.3 Å². The number of anilines is 1. The Morgan fingerprint density at radius 3 is 2.30 bits per heavy atom. The summed E-state index contributed by atoms with van der Waals surface area (Å²) < 4.78 is 13.9. The Hall–Kier alpha value is -1.98. The van der Waals surface area contributed by atoms with Gasteiger partial charge in [0.25, 0.3) is 5.69 Å². The van der Waals surface area contributed by atoms with Crippen molar-refractivity contribution in [3.63, 3.8) is 0 Å². The molecule has 4 aliphatic carbocycles. The lowest BCUT2D eigenvalue weighted by molar-refractivity contribution is -0.384. The summed E-state index contributed by atoms with van der Waals surface area (Å²) in [6.45, 7) is 0. The van der Waals surface area contributed by atoms with E-state index in [-0.39, 0.29) is 23.2 Å². The summed E-state index contributed by atoms with van der Waals surface area (Å²) in [5, 5.41) is 13.4. The topological polar surface area (TPSA) is 72.2 Å². The van der Waals surface area contributed by atoms with Gasteiger partial charge in [-0.25, -0.2) is 4.39 Å². The maximum atomic E-state index is 13.9. The summed E-state index contributed by atoms with van der Waals surface area (Å²) in [7, 11) is 0. The molecule has 0 unspecified atom stereocenters. The van der Waals surface area contributed by atoms with E-state index < -0.39 is 10.7 Å². The van der Waals surface area contributed by atoms with Crippen LogP contribution in [0.5, 0.6) is 0 Å². The van der Waals surface area contributed by atoms with Gasteiger partial charge in [-0.3, -0.25) is 14.9 Å². The van der Waals surface area contributed by atoms with Crippen LogP contribution in [0.25, 0.3) is 0 Å². The Kier molecular flexibility index (Phi) is 3.36. The van der Waals surface area contributed by atoms with Crippen molar-refractivity contribution in [3.05, 3.63) is 34.1 Å². The van der Waals surface area contributed by atoms with Crippen molar-refractivity contribution in [2.45, 2.75) is 32.1 Å². The van der Waals surface area contributed by atoms with Crippen LogP contribution in [0.2, 0.25) is 0 Å². The number of nitrogens with one attached hydrogen (secondary N) is 1. The third kappa shape index (κ3) is 2.50. The fourth-order valence-electron chi connectivity index (χ4n) is 5.29. The molecule has 0 heterocycles. The number of hydrogen-bond donors (Lipinski definition) is 1. The highest BCUT2D eigenvalue weighted by molar-refractivity contribution is 5.93. The SMILES string of the molecule is O=C(Nc1cc([N+](=O)[O-])ccc1F)C1C2CC3CC(C2)CC1C3. The Balaban J connectivity index is 1.54. The largest absolute Gasteiger partial charge is 0.323 e. The predicted molar refractivity (Wildman–Crippen MR) is 82.2 cm³/mol. The Labute approximate surface area is 133 Å². The van der Waals surface area contributed by atoms with E-state index in [0.29, 0.717) is 11.8 Å². The lowest BCUT2D eigenvalue weighted by atomic mass is 9.51. The Morgan fingerprint density at radius 2 is 1.74 bits per heavy atom. The van der Waals surface area contributed by atoms with Gasteiger partial charge in [0, 0.05) is 18.1 Å². The van der Waals surface area contributed by atoms with E-state index in [1.807, 2.05) is 0 Å². The molecule has 0 aromatic heterocycles. The number of rotatable bonds is 3. The molecule has 6 heteroatoms. The summed E-state index contributed by atoms with van der Waals surface area (Å²) in [5.41, 5.74) is -0.301. The quantitative estimate of drug-likeness (QED) is 0.681. The van der Waals surface area contributed by atoms with Crippen LogP contribution in [-0.2, 0) is 4.79 Å². The minimum atomic E-state index is -0.632. The van der Waals surface area contributed by atoms with Crippen LogP contribution in [0, 0.1) is 45.5 Å². The van der Waals surface area contributed by atoms with Gasteiger partial charge in [0.05, 0.1) is 10.6 Å². The number of carbonyl (C=O) groups is 1. The van der Waals surface area contributed by atoms with Crippen LogP contribution in [0.15, 0.2) is 18.2 Å². The fourth-order valence-corrected chi connectivity index (χ4v) is 5.29. The number of nitro benzene ring substituents is 1. The zero-order chi connectivity index (χ0) is 16.1. The number of benzene rings is 1. The van der Waals surface area contributed by atoms with Crippen LogP contribution in [0.4, 0.5) is 15.8 Å². The van der Waals surface area contributed by atoms with Gasteiger partial charge >= 0.3 is 0 Å². The smallest absolute Gasteiger partial charge is 0.271 e.